The maximum Gasteiger partial charge on any atom is 0.277 e. The van der Waals surface area contributed by atoms with Crippen molar-refractivity contribution in [3.8, 4) is 0 Å². The number of nitrogens with zero attached hydrogens (tertiary/aromatic N) is 3. The van der Waals surface area contributed by atoms with Crippen LogP contribution in [-0.4, -0.2) is 43.1 Å². The van der Waals surface area contributed by atoms with Gasteiger partial charge in [-0.3, -0.25) is 34.7 Å². The Bertz CT molecular complexity index is 672. The van der Waals surface area contributed by atoms with Crippen LogP contribution in [0.4, 0.5) is 11.4 Å². The summed E-state index contributed by atoms with van der Waals surface area (Å²) in [5, 5.41) is 21.6. The number of benzene rings is 1. The molecule has 1 aliphatic heterocycles. The highest BCUT2D eigenvalue weighted by Crippen LogP contribution is 2.24. The average Bonchev–Trinajstić information content (AvgIpc) is 2.78. The number of Topliss-reactive ketones (excluding diaryl/α,β-unsaturated/α-hetero) is 1. The van der Waals surface area contributed by atoms with Crippen molar-refractivity contribution in [2.75, 3.05) is 12.3 Å². The number of carbonyl (C=O) groups excluding carboxylic acids is 2. The summed E-state index contributed by atoms with van der Waals surface area (Å²) >= 11 is 6.03. The zero-order chi connectivity index (χ0) is 16.4. The fraction of sp³-hybridized carbons (Fsp3) is 0.182. The first kappa shape index (κ1) is 16.0. The average molecular weight is 341 g/mol. The van der Waals surface area contributed by atoms with Crippen LogP contribution in [0.5, 0.6) is 0 Å². The Morgan fingerprint density at radius 3 is 2.18 bits per heavy atom. The maximum absolute atomic E-state index is 12.1. The number of nitro benzene ring substituents is 2. The maximum atomic E-state index is 12.1. The summed E-state index contributed by atoms with van der Waals surface area (Å²) in [5.41, 5.74) is -1.35. The smallest absolute Gasteiger partial charge is 0.277 e. The van der Waals surface area contributed by atoms with Gasteiger partial charge in [-0.15, -0.1) is 0 Å². The highest BCUT2D eigenvalue weighted by Gasteiger charge is 2.29. The van der Waals surface area contributed by atoms with Gasteiger partial charge in [-0.1, -0.05) is 24.0 Å². The Morgan fingerprint density at radius 1 is 1.23 bits per heavy atom. The third kappa shape index (κ3) is 3.26. The highest BCUT2D eigenvalue weighted by atomic mass is 32.2. The van der Waals surface area contributed by atoms with Gasteiger partial charge in [-0.25, -0.2) is 0 Å². The van der Waals surface area contributed by atoms with Gasteiger partial charge < -0.3 is 0 Å². The van der Waals surface area contributed by atoms with E-state index in [9.17, 15) is 29.8 Å². The number of rotatable bonds is 5. The molecule has 1 aromatic rings. The number of amides is 1. The molecule has 1 aliphatic rings. The molecule has 0 N–H and O–H groups in total. The summed E-state index contributed by atoms with van der Waals surface area (Å²) in [6.07, 6.45) is 0. The fourth-order valence-corrected chi connectivity index (χ4v) is 2.80. The quantitative estimate of drug-likeness (QED) is 0.342. The normalized spacial score (nSPS) is 14.3. The molecule has 2 rings (SSSR count). The second-order valence-corrected chi connectivity index (χ2v) is 5.82. The number of non-ortho nitro benzene ring substituents is 2. The van der Waals surface area contributed by atoms with Gasteiger partial charge in [-0.2, -0.15) is 0 Å². The summed E-state index contributed by atoms with van der Waals surface area (Å²) in [6.45, 7) is -0.400. The van der Waals surface area contributed by atoms with Gasteiger partial charge in [0.2, 0.25) is 5.91 Å². The van der Waals surface area contributed by atoms with Gasteiger partial charge >= 0.3 is 0 Å². The van der Waals surface area contributed by atoms with Gasteiger partial charge in [0.25, 0.3) is 11.4 Å². The molecule has 11 heteroatoms. The van der Waals surface area contributed by atoms with Crippen LogP contribution in [0.25, 0.3) is 0 Å². The van der Waals surface area contributed by atoms with Gasteiger partial charge in [0.1, 0.15) is 4.32 Å². The van der Waals surface area contributed by atoms with Crippen molar-refractivity contribution in [1.82, 2.24) is 4.90 Å². The van der Waals surface area contributed by atoms with Crippen LogP contribution in [0.3, 0.4) is 0 Å². The minimum absolute atomic E-state index is 0.126. The first-order valence-electron chi connectivity index (χ1n) is 5.74. The van der Waals surface area contributed by atoms with Gasteiger partial charge in [-0.05, 0) is 0 Å². The van der Waals surface area contributed by atoms with Crippen LogP contribution in [-0.2, 0) is 4.79 Å². The first-order chi connectivity index (χ1) is 10.3. The van der Waals surface area contributed by atoms with Crippen LogP contribution in [0.15, 0.2) is 18.2 Å². The van der Waals surface area contributed by atoms with Crippen molar-refractivity contribution in [2.24, 2.45) is 0 Å². The van der Waals surface area contributed by atoms with Crippen molar-refractivity contribution in [3.63, 3.8) is 0 Å². The first-order valence-corrected chi connectivity index (χ1v) is 7.13. The lowest BCUT2D eigenvalue weighted by molar-refractivity contribution is -0.394. The van der Waals surface area contributed by atoms with E-state index in [1.54, 1.807) is 0 Å². The molecule has 0 bridgehead atoms. The van der Waals surface area contributed by atoms with Gasteiger partial charge in [0.05, 0.1) is 28.2 Å². The predicted octanol–water partition coefficient (Wildman–Crippen LogP) is 1.55. The highest BCUT2D eigenvalue weighted by molar-refractivity contribution is 8.23. The number of ketones is 1. The number of hydrogen-bond acceptors (Lipinski definition) is 8. The Labute approximate surface area is 132 Å². The van der Waals surface area contributed by atoms with E-state index in [0.29, 0.717) is 0 Å². The molecular formula is C11H7N3O6S2. The van der Waals surface area contributed by atoms with Crippen molar-refractivity contribution in [2.45, 2.75) is 0 Å². The van der Waals surface area contributed by atoms with Crippen LogP contribution in [0, 0.1) is 20.2 Å². The molecule has 0 unspecified atom stereocenters. The SMILES string of the molecule is O=C(CN1C(=O)CSC1=S)c1cc([N+](=O)[O-])cc([N+](=O)[O-])c1. The van der Waals surface area contributed by atoms with Crippen LogP contribution in [0.1, 0.15) is 10.4 Å². The lowest BCUT2D eigenvalue weighted by atomic mass is 10.1. The molecular weight excluding hydrogens is 334 g/mol. The van der Waals surface area contributed by atoms with Gasteiger partial charge in [0, 0.05) is 17.7 Å². The minimum Gasteiger partial charge on any atom is -0.292 e. The number of hydrogen-bond donors (Lipinski definition) is 0. The summed E-state index contributed by atoms with van der Waals surface area (Å²) in [6, 6.07) is 2.64. The molecule has 1 aromatic carbocycles. The molecule has 114 valence electrons. The molecule has 1 heterocycles. The number of thioether (sulfide) groups is 1. The van der Waals surface area contributed by atoms with Crippen molar-refractivity contribution < 1.29 is 19.4 Å². The third-order valence-corrected chi connectivity index (χ3v) is 4.22. The molecule has 1 saturated heterocycles. The van der Waals surface area contributed by atoms with E-state index in [-0.39, 0.29) is 21.5 Å². The lowest BCUT2D eigenvalue weighted by Crippen LogP contribution is -2.33. The second-order valence-electron chi connectivity index (χ2n) is 4.21. The molecule has 0 aromatic heterocycles. The molecule has 0 spiro atoms. The largest absolute Gasteiger partial charge is 0.292 e. The topological polar surface area (TPSA) is 124 Å². The van der Waals surface area contributed by atoms with E-state index < -0.39 is 33.5 Å². The van der Waals surface area contributed by atoms with E-state index in [1.807, 2.05) is 0 Å². The summed E-state index contributed by atoms with van der Waals surface area (Å²) in [7, 11) is 0. The molecule has 22 heavy (non-hydrogen) atoms. The monoisotopic (exact) mass is 341 g/mol. The molecule has 1 fully saturated rings. The summed E-state index contributed by atoms with van der Waals surface area (Å²) < 4.78 is 0.235. The third-order valence-electron chi connectivity index (χ3n) is 2.79. The standard InChI is InChI=1S/C11H7N3O6S2/c15-9(4-12-10(16)5-22-11(12)21)6-1-7(13(17)18)3-8(2-6)14(19)20/h1-3H,4-5H2. The molecule has 0 atom stereocenters. The molecule has 0 aliphatic carbocycles. The van der Waals surface area contributed by atoms with E-state index in [2.05, 4.69) is 0 Å². The zero-order valence-electron chi connectivity index (χ0n) is 10.8. The summed E-state index contributed by atoms with van der Waals surface area (Å²) in [4.78, 5) is 44.7. The fourth-order valence-electron chi connectivity index (χ4n) is 1.74. The van der Waals surface area contributed by atoms with E-state index in [4.69, 9.17) is 12.2 Å². The van der Waals surface area contributed by atoms with Crippen molar-refractivity contribution in [1.29, 1.82) is 0 Å². The number of nitro groups is 2. The van der Waals surface area contributed by atoms with Crippen LogP contribution in [0.2, 0.25) is 0 Å². The van der Waals surface area contributed by atoms with E-state index in [1.165, 1.54) is 0 Å². The Morgan fingerprint density at radius 2 is 1.77 bits per heavy atom. The number of thiocarbonyl (C=S) groups is 1. The van der Waals surface area contributed by atoms with Gasteiger partial charge in [0.15, 0.2) is 5.78 Å². The van der Waals surface area contributed by atoms with Crippen molar-refractivity contribution in [3.05, 3.63) is 44.0 Å². The lowest BCUT2D eigenvalue weighted by Gasteiger charge is -2.13. The summed E-state index contributed by atoms with van der Waals surface area (Å²) in [5.74, 6) is -0.880. The Balaban J connectivity index is 2.32. The van der Waals surface area contributed by atoms with Crippen molar-refractivity contribution >= 4 is 51.4 Å². The molecule has 0 saturated carbocycles. The second kappa shape index (κ2) is 6.15. The minimum atomic E-state index is -0.828. The predicted molar refractivity (Wildman–Crippen MR) is 80.9 cm³/mol. The van der Waals surface area contributed by atoms with E-state index in [0.717, 1.165) is 34.9 Å². The zero-order valence-corrected chi connectivity index (χ0v) is 12.4. The molecule has 1 amide bonds. The Kier molecular flexibility index (Phi) is 4.47. The molecule has 9 nitrogen and oxygen atoms in total. The Hall–Kier alpha value is -2.40. The van der Waals surface area contributed by atoms with Crippen LogP contribution >= 0.6 is 24.0 Å². The van der Waals surface area contributed by atoms with Crippen LogP contribution < -0.4 is 0 Å². The van der Waals surface area contributed by atoms with E-state index >= 15 is 0 Å². The molecule has 0 radical (unpaired) electrons. The number of carbonyl (C=O) groups is 2.